The molecule has 170 valence electrons. The van der Waals surface area contributed by atoms with Crippen LogP contribution >= 0.6 is 11.6 Å². The van der Waals surface area contributed by atoms with Gasteiger partial charge < -0.3 is 13.7 Å². The fourth-order valence-corrected chi connectivity index (χ4v) is 5.11. The lowest BCUT2D eigenvalue weighted by Crippen LogP contribution is -2.20. The van der Waals surface area contributed by atoms with Gasteiger partial charge in [-0.15, -0.1) is 6.42 Å². The minimum atomic E-state index is -4.20. The number of ether oxygens (including phenoxy) is 1. The van der Waals surface area contributed by atoms with E-state index in [1.165, 1.54) is 43.7 Å². The third-order valence-corrected chi connectivity index (χ3v) is 6.93. The molecule has 0 fully saturated rings. The average molecular weight is 505 g/mol. The highest BCUT2D eigenvalue weighted by Crippen LogP contribution is 2.29. The third kappa shape index (κ3) is 5.97. The van der Waals surface area contributed by atoms with Crippen LogP contribution in [0.5, 0.6) is 0 Å². The molecule has 0 radical (unpaired) electrons. The maximum absolute atomic E-state index is 13.0. The Morgan fingerprint density at radius 2 is 2.15 bits per heavy atom. The summed E-state index contributed by atoms with van der Waals surface area (Å²) in [5.74, 6) is 1.24. The maximum atomic E-state index is 13.0. The molecular formula is C22H17ClN2O6S2. The number of pyridine rings is 1. The Labute approximate surface area is 198 Å². The maximum Gasteiger partial charge on any atom is 0.338 e. The van der Waals surface area contributed by atoms with Crippen LogP contribution in [0, 0.1) is 12.3 Å². The normalized spacial score (nSPS) is 13.1. The topological polar surface area (TPSA) is 122 Å². The van der Waals surface area contributed by atoms with E-state index in [9.17, 15) is 17.8 Å². The highest BCUT2D eigenvalue weighted by Gasteiger charge is 2.28. The van der Waals surface area contributed by atoms with E-state index in [0.29, 0.717) is 11.0 Å². The minimum Gasteiger partial charge on any atom is -0.610 e. The minimum absolute atomic E-state index is 0.0465. The summed E-state index contributed by atoms with van der Waals surface area (Å²) >= 11 is 4.04. The zero-order valence-corrected chi connectivity index (χ0v) is 19.5. The first-order valence-electron chi connectivity index (χ1n) is 9.20. The van der Waals surface area contributed by atoms with Crippen molar-refractivity contribution >= 4 is 55.4 Å². The molecule has 0 spiro atoms. The van der Waals surface area contributed by atoms with Crippen molar-refractivity contribution in [3.63, 3.8) is 0 Å². The zero-order valence-electron chi connectivity index (χ0n) is 17.1. The second-order valence-corrected chi connectivity index (χ2v) is 9.83. The van der Waals surface area contributed by atoms with Crippen LogP contribution in [-0.2, 0) is 30.7 Å². The predicted octanol–water partition coefficient (Wildman–Crippen LogP) is 3.68. The van der Waals surface area contributed by atoms with Gasteiger partial charge in [0.2, 0.25) is 5.09 Å². The van der Waals surface area contributed by atoms with Crippen LogP contribution in [0.3, 0.4) is 0 Å². The molecule has 1 atom stereocenters. The van der Waals surface area contributed by atoms with Crippen molar-refractivity contribution in [1.82, 2.24) is 4.98 Å². The number of aromatic nitrogens is 1. The number of hydrogen-bond donors (Lipinski definition) is 1. The van der Waals surface area contributed by atoms with Gasteiger partial charge >= 0.3 is 5.97 Å². The number of furan rings is 1. The van der Waals surface area contributed by atoms with Crippen molar-refractivity contribution < 1.29 is 26.9 Å². The number of methoxy groups -OCH3 is 1. The fourth-order valence-electron chi connectivity index (χ4n) is 2.70. The second-order valence-electron chi connectivity index (χ2n) is 6.41. The lowest BCUT2D eigenvalue weighted by molar-refractivity contribution is -0.136. The molecule has 0 bridgehead atoms. The first-order valence-corrected chi connectivity index (χ1v) is 12.4. The molecule has 8 nitrogen and oxygen atoms in total. The number of anilines is 1. The monoisotopic (exact) mass is 504 g/mol. The predicted molar refractivity (Wildman–Crippen MR) is 126 cm³/mol. The average Bonchev–Trinajstić information content (AvgIpc) is 3.23. The molecule has 2 heterocycles. The molecular weight excluding hydrogens is 488 g/mol. The van der Waals surface area contributed by atoms with E-state index in [1.54, 1.807) is 24.3 Å². The second kappa shape index (κ2) is 10.6. The van der Waals surface area contributed by atoms with Crippen molar-refractivity contribution in [3.8, 4) is 12.3 Å². The number of sulfonamides is 1. The number of terminal acetylenes is 1. The summed E-state index contributed by atoms with van der Waals surface area (Å²) < 4.78 is 51.3. The molecule has 33 heavy (non-hydrogen) atoms. The first-order chi connectivity index (χ1) is 15.7. The number of hydrogen-bond acceptors (Lipinski definition) is 7. The van der Waals surface area contributed by atoms with Crippen molar-refractivity contribution in [2.24, 2.45) is 0 Å². The summed E-state index contributed by atoms with van der Waals surface area (Å²) in [6.07, 6.45) is 10.5. The van der Waals surface area contributed by atoms with Crippen molar-refractivity contribution in [1.29, 1.82) is 0 Å². The highest BCUT2D eigenvalue weighted by atomic mass is 35.5. The van der Waals surface area contributed by atoms with Gasteiger partial charge in [-0.1, -0.05) is 41.8 Å². The molecule has 11 heteroatoms. The van der Waals surface area contributed by atoms with Crippen LogP contribution in [-0.4, -0.2) is 36.8 Å². The zero-order chi connectivity index (χ0) is 24.0. The molecule has 3 rings (SSSR count). The Morgan fingerprint density at radius 1 is 1.39 bits per heavy atom. The number of nitrogens with one attached hydrogen (secondary N) is 1. The van der Waals surface area contributed by atoms with E-state index in [4.69, 9.17) is 27.2 Å². The summed E-state index contributed by atoms with van der Waals surface area (Å²) in [7, 11) is -3.03. The standard InChI is InChI=1S/C22H17ClN2O6S2/c1-3-4-5-9-16(22(26)30-2)14-32(27)21-18(12-17(23)13-24-21)25-33(28,29)20-11-15-8-6-7-10-19(15)31-20/h1,4-13,25H,14H2,2H3/b5-4-,16-9+. The van der Waals surface area contributed by atoms with Gasteiger partial charge in [-0.2, -0.15) is 8.42 Å². The number of allylic oxidation sites excluding steroid dienone is 3. The van der Waals surface area contributed by atoms with Gasteiger partial charge in [-0.05, 0) is 24.3 Å². The number of carbonyl (C=O) groups excluding carboxylic acids is 1. The van der Waals surface area contributed by atoms with Crippen LogP contribution in [0.1, 0.15) is 0 Å². The molecule has 2 aromatic heterocycles. The molecule has 0 aliphatic carbocycles. The number of fused-ring (bicyclic) bond motifs is 1. The number of rotatable bonds is 8. The molecule has 0 saturated carbocycles. The molecule has 1 aromatic carbocycles. The lowest BCUT2D eigenvalue weighted by Gasteiger charge is -2.15. The van der Waals surface area contributed by atoms with Gasteiger partial charge in [0.15, 0.2) is 0 Å². The summed E-state index contributed by atoms with van der Waals surface area (Å²) in [5.41, 5.74) is 0.314. The Bertz CT molecular complexity index is 1360. The number of esters is 1. The molecule has 0 aliphatic heterocycles. The van der Waals surface area contributed by atoms with Gasteiger partial charge in [0.05, 0.1) is 23.9 Å². The largest absolute Gasteiger partial charge is 0.610 e. The van der Waals surface area contributed by atoms with Gasteiger partial charge in [-0.25, -0.2) is 9.78 Å². The number of para-hydroxylation sites is 1. The lowest BCUT2D eigenvalue weighted by atomic mass is 10.3. The smallest absolute Gasteiger partial charge is 0.338 e. The van der Waals surface area contributed by atoms with Gasteiger partial charge in [0.1, 0.15) is 17.0 Å². The molecule has 0 aliphatic rings. The van der Waals surface area contributed by atoms with E-state index in [2.05, 4.69) is 15.6 Å². The van der Waals surface area contributed by atoms with Crippen LogP contribution in [0.4, 0.5) is 5.69 Å². The molecule has 0 amide bonds. The van der Waals surface area contributed by atoms with E-state index in [0.717, 1.165) is 0 Å². The van der Waals surface area contributed by atoms with E-state index >= 15 is 0 Å². The van der Waals surface area contributed by atoms with Crippen LogP contribution in [0.15, 0.2) is 80.9 Å². The van der Waals surface area contributed by atoms with E-state index in [1.807, 2.05) is 0 Å². The fraction of sp³-hybridized carbons (Fsp3) is 0.0909. The van der Waals surface area contributed by atoms with Crippen molar-refractivity contribution in [3.05, 3.63) is 71.4 Å². The van der Waals surface area contributed by atoms with Crippen LogP contribution in [0.25, 0.3) is 11.0 Å². The number of nitrogens with zero attached hydrogens (tertiary/aromatic N) is 1. The van der Waals surface area contributed by atoms with E-state index < -0.39 is 27.2 Å². The number of benzene rings is 1. The quantitative estimate of drug-likeness (QED) is 0.163. The Hall–Kier alpha value is -3.23. The Balaban J connectivity index is 1.93. The summed E-state index contributed by atoms with van der Waals surface area (Å²) in [6.45, 7) is 0. The summed E-state index contributed by atoms with van der Waals surface area (Å²) in [5, 5.41) is 0.238. The molecule has 1 unspecified atom stereocenters. The molecule has 0 saturated heterocycles. The SMILES string of the molecule is C#C/C=C\C=C(/C[S+]([O-])c1ncc(Cl)cc1NS(=O)(=O)c1cc2ccccc2o1)C(=O)OC. The summed E-state index contributed by atoms with van der Waals surface area (Å²) in [4.78, 5) is 16.0. The van der Waals surface area contributed by atoms with Crippen molar-refractivity contribution in [2.45, 2.75) is 10.1 Å². The van der Waals surface area contributed by atoms with Gasteiger partial charge in [0.25, 0.3) is 15.0 Å². The number of halogens is 1. The first kappa shape index (κ1) is 24.4. The van der Waals surface area contributed by atoms with Crippen LogP contribution in [0.2, 0.25) is 5.02 Å². The van der Waals surface area contributed by atoms with Gasteiger partial charge in [0, 0.05) is 22.6 Å². The molecule has 3 aromatic rings. The van der Waals surface area contributed by atoms with Crippen LogP contribution < -0.4 is 4.72 Å². The van der Waals surface area contributed by atoms with Crippen molar-refractivity contribution in [2.75, 3.05) is 17.6 Å². The van der Waals surface area contributed by atoms with Gasteiger partial charge in [-0.3, -0.25) is 4.72 Å². The Morgan fingerprint density at radius 3 is 2.85 bits per heavy atom. The van der Waals surface area contributed by atoms with E-state index in [-0.39, 0.29) is 32.2 Å². The molecule has 1 N–H and O–H groups in total. The highest BCUT2D eigenvalue weighted by molar-refractivity contribution is 7.93. The third-order valence-electron chi connectivity index (χ3n) is 4.17. The Kier molecular flexibility index (Phi) is 7.84. The number of carbonyl (C=O) groups is 1. The summed E-state index contributed by atoms with van der Waals surface area (Å²) in [6, 6.07) is 9.42.